The third kappa shape index (κ3) is 19.0. The van der Waals surface area contributed by atoms with Gasteiger partial charge in [-0.3, -0.25) is 0 Å². The number of hydrogen-bond acceptors (Lipinski definition) is 23. The minimum Gasteiger partial charge on any atom is 1.00 e. The van der Waals surface area contributed by atoms with E-state index in [1.54, 1.807) is 0 Å². The summed E-state index contributed by atoms with van der Waals surface area (Å²) in [7, 11) is -35.9. The van der Waals surface area contributed by atoms with Crippen LogP contribution in [-0.2, 0) is 64.1 Å². The molecule has 6 aromatic rings. The molecule has 0 radical (unpaired) electrons. The van der Waals surface area contributed by atoms with Gasteiger partial charge in [0.1, 0.15) is 0 Å². The number of unbranched alkanes of at least 4 members (excludes halogenated alkanes) is 7. The van der Waals surface area contributed by atoms with Gasteiger partial charge in [0.25, 0.3) is 0 Å². The maximum absolute atomic E-state index is 12.1. The van der Waals surface area contributed by atoms with Crippen LogP contribution >= 0.6 is 0 Å². The maximum Gasteiger partial charge on any atom is 1.00 e. The van der Waals surface area contributed by atoms with E-state index in [1.807, 2.05) is 48.5 Å². The second kappa shape index (κ2) is 36.1. The van der Waals surface area contributed by atoms with Crippen LogP contribution < -0.4 is 134 Å². The zero-order chi connectivity index (χ0) is 75.9. The Morgan fingerprint density at radius 1 is 0.450 bits per heavy atom. The van der Waals surface area contributed by atoms with E-state index >= 15 is 0 Å². The fourth-order valence-corrected chi connectivity index (χ4v) is 42.0. The van der Waals surface area contributed by atoms with Crippen LogP contribution in [0.4, 0.5) is 11.6 Å². The van der Waals surface area contributed by atoms with E-state index in [1.165, 1.54) is 0 Å². The molecule has 109 heavy (non-hydrogen) atoms. The summed E-state index contributed by atoms with van der Waals surface area (Å²) in [4.78, 5) is 35.1. The van der Waals surface area contributed by atoms with Crippen molar-refractivity contribution in [3.63, 3.8) is 0 Å². The predicted octanol–water partition coefficient (Wildman–Crippen LogP) is -6.58. The normalized spacial score (nSPS) is 16.6. The number of carbonyl (C=O) groups is 1. The van der Waals surface area contributed by atoms with Gasteiger partial charge in [0.05, 0.1) is 0 Å². The Kier molecular flexibility index (Phi) is 31.0. The Morgan fingerprint density at radius 2 is 0.752 bits per heavy atom. The molecule has 0 atom stereocenters. The molecule has 12 rings (SSSR count). The number of quaternary nitrogens is 2. The number of carboxylic acid groups (broad SMARTS) is 1. The van der Waals surface area contributed by atoms with Crippen molar-refractivity contribution >= 4 is 138 Å². The third-order valence-corrected chi connectivity index (χ3v) is 41.3. The number of amidine groups is 4. The Balaban J connectivity index is 0.00000202. The van der Waals surface area contributed by atoms with Gasteiger partial charge < -0.3 is 9.90 Å². The monoisotopic (exact) mass is 1690 g/mol. The molecule has 29 nitrogen and oxygen atoms in total. The van der Waals surface area contributed by atoms with Gasteiger partial charge in [0, 0.05) is 0 Å². The van der Waals surface area contributed by atoms with Gasteiger partial charge in [0.15, 0.2) is 0 Å². The second-order valence-electron chi connectivity index (χ2n) is 29.8. The van der Waals surface area contributed by atoms with Gasteiger partial charge in [0.2, 0.25) is 0 Å². The molecular weight excluding hydrogens is 1600 g/mol. The molecular formula is C68H90N10Na4O19S5Si3. The number of aliphatic imine (C=N–C) groups is 2. The fourth-order valence-electron chi connectivity index (χ4n) is 17.5. The molecule has 6 aliphatic heterocycles. The first-order valence-corrected chi connectivity index (χ1v) is 51.9. The smallest absolute Gasteiger partial charge is 1.00 e. The van der Waals surface area contributed by atoms with Crippen LogP contribution in [0.25, 0.3) is 21.5 Å². The molecule has 6 aliphatic rings. The Bertz CT molecular complexity index is 5120. The van der Waals surface area contributed by atoms with Crippen molar-refractivity contribution in [1.82, 2.24) is 8.47 Å². The van der Waals surface area contributed by atoms with Gasteiger partial charge in [-0.15, -0.1) is 12.6 Å². The first kappa shape index (κ1) is 93.6. The number of benzene rings is 4. The Hall–Kier alpha value is -2.54. The average molecular weight is 1690 g/mol. The van der Waals surface area contributed by atoms with Crippen LogP contribution in [0.5, 0.6) is 0 Å². The maximum atomic E-state index is 12.1. The zero-order valence-electron chi connectivity index (χ0n) is 63.4. The number of aliphatic carboxylic acids is 1. The minimum atomic E-state index is -7.34. The first-order valence-electron chi connectivity index (χ1n) is 35.8. The van der Waals surface area contributed by atoms with Gasteiger partial charge in [-0.1, -0.05) is 0 Å². The van der Waals surface area contributed by atoms with Crippen molar-refractivity contribution in [2.45, 2.75) is 141 Å². The van der Waals surface area contributed by atoms with Crippen molar-refractivity contribution in [2.24, 2.45) is 20.0 Å². The minimum absolute atomic E-state index is 0. The first-order chi connectivity index (χ1) is 49.4. The van der Waals surface area contributed by atoms with Gasteiger partial charge in [-0.05, 0) is 0 Å². The molecule has 2 aromatic heterocycles. The van der Waals surface area contributed by atoms with E-state index < -0.39 is 104 Å². The number of fused-ring (bicyclic) bond motifs is 12. The molecule has 1 spiro atoms. The summed E-state index contributed by atoms with van der Waals surface area (Å²) < 4.78 is 199. The molecule has 0 fully saturated rings. The van der Waals surface area contributed by atoms with Crippen molar-refractivity contribution in [3.05, 3.63) is 137 Å². The number of rotatable bonds is 41. The molecule has 0 saturated heterocycles. The molecule has 0 bridgehead atoms. The van der Waals surface area contributed by atoms with Crippen molar-refractivity contribution in [1.29, 1.82) is 0 Å². The molecule has 572 valence electrons. The molecule has 0 saturated carbocycles. The summed E-state index contributed by atoms with van der Waals surface area (Å²) >= 11 is 0. The van der Waals surface area contributed by atoms with Gasteiger partial charge in [-0.2, -0.15) is 0 Å². The quantitative estimate of drug-likeness (QED) is 0.0113. The zero-order valence-corrected chi connectivity index (χ0v) is 78.5. The topological polar surface area (TPSA) is 404 Å². The van der Waals surface area contributed by atoms with E-state index in [-0.39, 0.29) is 150 Å². The second-order valence-corrected chi connectivity index (χ2v) is 50.6. The van der Waals surface area contributed by atoms with Gasteiger partial charge in [-0.25, -0.2) is 0 Å². The standard InChI is InChI=1S/C68H94N10O16S4Si3.4Na.O3S/c1-6-7-38-77(40-19-23-46-95(81,82)83,41-20-24-47-96(84,85)86)44-27-50-99(2,3)93-101(94-100(4,5)51-28-45-78(39-18-8-9-37-60(79)80,42-21-25-48-97(87,88)89)43-22-26-49-98(90,91)92)73-61-52-29-10-11-30-53(52)62(73)70-64-56-33-14-15-34-57(56)66(75(64)101)72-68-59-36-17-16-35-58(59)67(76(68)101)71-65-55-32-13-12-31-54(55)63(69-61)74(65)101;;;;;1-4(2)3/h10-17,29-36H,1,6-9,18-28,37-51H2,2-5H3,(H4-,79,80,81,82,83,84,85,86,87,88,89,90,91,92);;;;;/q;4*+1;/p-4. The summed E-state index contributed by atoms with van der Waals surface area (Å²) in [5, 5.41) is 14.8. The Morgan fingerprint density at radius 3 is 1.08 bits per heavy atom. The summed E-state index contributed by atoms with van der Waals surface area (Å²) in [6.07, 6.45) is 5.43. The summed E-state index contributed by atoms with van der Waals surface area (Å²) in [5.74, 6) is -0.189. The molecule has 4 aromatic carbocycles. The van der Waals surface area contributed by atoms with Crippen molar-refractivity contribution in [3.8, 4) is 0 Å². The number of nitrogens with zero attached hydrogens (tertiary/aromatic N) is 10. The molecule has 0 N–H and O–H groups in total. The summed E-state index contributed by atoms with van der Waals surface area (Å²) in [6, 6.07) is 33.2. The van der Waals surface area contributed by atoms with E-state index in [0.29, 0.717) is 190 Å². The van der Waals surface area contributed by atoms with Gasteiger partial charge >= 0.3 is 716 Å². The van der Waals surface area contributed by atoms with E-state index in [9.17, 15) is 70.0 Å². The number of hydrogen-bond donors (Lipinski definition) is 0. The van der Waals surface area contributed by atoms with E-state index in [4.69, 9.17) is 32.6 Å². The van der Waals surface area contributed by atoms with Crippen LogP contribution in [0.3, 0.4) is 0 Å². The average Bonchev–Trinajstić information content (AvgIpc) is 1.47. The Labute approximate surface area is 729 Å². The van der Waals surface area contributed by atoms with E-state index in [2.05, 4.69) is 98.6 Å². The van der Waals surface area contributed by atoms with Crippen LogP contribution in [0.15, 0.2) is 117 Å². The molecule has 8 heterocycles. The van der Waals surface area contributed by atoms with Crippen LogP contribution in [0.2, 0.25) is 38.3 Å². The third-order valence-electron chi connectivity index (χ3n) is 21.4. The molecule has 41 heteroatoms. The summed E-state index contributed by atoms with van der Waals surface area (Å²) in [6.45, 7) is 16.9. The number of carbonyl (C=O) groups excluding carboxylic acids is 1. The van der Waals surface area contributed by atoms with Crippen LogP contribution in [0, 0.1) is 6.92 Å². The number of carboxylic acids is 1. The fraction of sp³-hybridized carbons (Fsp3) is 0.500. The molecule has 0 aliphatic carbocycles. The number of aromatic nitrogens is 2. The largest absolute Gasteiger partial charge is 1.00 e. The molecule has 0 amide bonds. The van der Waals surface area contributed by atoms with Crippen LogP contribution in [0.1, 0.15) is 125 Å². The van der Waals surface area contributed by atoms with E-state index in [0.717, 1.165) is 43.8 Å². The molecule has 0 unspecified atom stereocenters. The predicted molar refractivity (Wildman–Crippen MR) is 395 cm³/mol. The summed E-state index contributed by atoms with van der Waals surface area (Å²) in [5.41, 5.74) is 4.18. The van der Waals surface area contributed by atoms with Crippen LogP contribution in [-0.4, -0.2) is 220 Å². The van der Waals surface area contributed by atoms with Crippen molar-refractivity contribution in [2.75, 3.05) is 75.4 Å². The van der Waals surface area contributed by atoms with Crippen molar-refractivity contribution < 1.29 is 218 Å². The SMILES string of the molecule is O=S(=O)=O.[CH2-]CCC[N+](CCCCS(=O)(=O)[O-])(CCCCS(=O)(=O)[O-])CCC[Si](C)(C)O[Si-2]123(O[Si](C)(C)CCC[N+](CCCCCC(=O)[O-])(CCCCS(=O)(=O)[O-])CCCCS(=O)(=O)[O-])n4c5c6ccccc6c4N=C4c6ccccc6C(=[N+]41)N=c1c4ccccc4c(n12)=NC1=[N+]3C(=N5)c2ccccc21.[Na+].[Na+].[Na+].[Na+].